The number of hydrogen-bond acceptors (Lipinski definition) is 3. The van der Waals surface area contributed by atoms with Crippen LogP contribution in [-0.4, -0.2) is 47.3 Å². The molecule has 0 aromatic carbocycles. The fourth-order valence-corrected chi connectivity index (χ4v) is 3.69. The Kier molecular flexibility index (Phi) is 5.67. The van der Waals surface area contributed by atoms with E-state index < -0.39 is 0 Å². The third-order valence-corrected chi connectivity index (χ3v) is 4.84. The van der Waals surface area contributed by atoms with Gasteiger partial charge in [0.15, 0.2) is 0 Å². The van der Waals surface area contributed by atoms with Crippen molar-refractivity contribution in [2.24, 2.45) is 0 Å². The highest BCUT2D eigenvalue weighted by atomic mass is 16.3. The van der Waals surface area contributed by atoms with E-state index in [1.807, 2.05) is 0 Å². The summed E-state index contributed by atoms with van der Waals surface area (Å²) in [5.74, 6) is 0. The van der Waals surface area contributed by atoms with E-state index in [1.54, 1.807) is 0 Å². The number of rotatable bonds is 8. The Morgan fingerprint density at radius 1 is 1.16 bits per heavy atom. The molecule has 0 heterocycles. The first-order chi connectivity index (χ1) is 9.24. The zero-order valence-corrected chi connectivity index (χ0v) is 12.8. The molecule has 0 amide bonds. The van der Waals surface area contributed by atoms with Crippen molar-refractivity contribution in [2.75, 3.05) is 19.7 Å². The smallest absolute Gasteiger partial charge is 0.0613 e. The molecule has 112 valence electrons. The molecule has 0 aliphatic heterocycles. The van der Waals surface area contributed by atoms with Gasteiger partial charge >= 0.3 is 0 Å². The van der Waals surface area contributed by atoms with Crippen LogP contribution >= 0.6 is 0 Å². The number of hydrogen-bond donors (Lipinski definition) is 2. The van der Waals surface area contributed by atoms with Gasteiger partial charge in [-0.05, 0) is 64.5 Å². The van der Waals surface area contributed by atoms with Gasteiger partial charge in [0.2, 0.25) is 0 Å². The Labute approximate surface area is 118 Å². The Morgan fingerprint density at radius 2 is 1.95 bits per heavy atom. The van der Waals surface area contributed by atoms with Gasteiger partial charge in [0.25, 0.3) is 0 Å². The summed E-state index contributed by atoms with van der Waals surface area (Å²) < 4.78 is 0. The summed E-state index contributed by atoms with van der Waals surface area (Å²) in [6.45, 7) is 7.06. The minimum atomic E-state index is -0.000190. The molecule has 2 unspecified atom stereocenters. The summed E-state index contributed by atoms with van der Waals surface area (Å²) in [7, 11) is 0. The molecular formula is C16H32N2O. The molecular weight excluding hydrogens is 236 g/mol. The van der Waals surface area contributed by atoms with Gasteiger partial charge in [0.05, 0.1) is 6.61 Å². The second-order valence-electron chi connectivity index (χ2n) is 6.58. The molecule has 0 bridgehead atoms. The third-order valence-electron chi connectivity index (χ3n) is 4.84. The molecule has 2 aliphatic carbocycles. The molecule has 19 heavy (non-hydrogen) atoms. The summed E-state index contributed by atoms with van der Waals surface area (Å²) >= 11 is 0. The summed E-state index contributed by atoms with van der Waals surface area (Å²) in [6, 6.07) is 1.54. The summed E-state index contributed by atoms with van der Waals surface area (Å²) in [5, 5.41) is 13.5. The van der Waals surface area contributed by atoms with Crippen molar-refractivity contribution in [3.8, 4) is 0 Å². The first-order valence-electron chi connectivity index (χ1n) is 8.36. The van der Waals surface area contributed by atoms with Crippen molar-refractivity contribution in [1.82, 2.24) is 10.2 Å². The Bertz CT molecular complexity index is 267. The molecule has 2 fully saturated rings. The van der Waals surface area contributed by atoms with Crippen molar-refractivity contribution in [1.29, 1.82) is 0 Å². The standard InChI is InChI=1S/C16H32N2O/c1-3-10-17-16(13-19)9-5-6-15(12-16)18(11-4-2)14-7-8-14/h14-15,17,19H,3-13H2,1-2H3. The molecule has 2 atom stereocenters. The van der Waals surface area contributed by atoms with Crippen LogP contribution in [0.3, 0.4) is 0 Å². The first-order valence-corrected chi connectivity index (χ1v) is 8.36. The maximum Gasteiger partial charge on any atom is 0.0613 e. The number of aliphatic hydroxyl groups excluding tert-OH is 1. The van der Waals surface area contributed by atoms with E-state index in [9.17, 15) is 5.11 Å². The highest BCUT2D eigenvalue weighted by Gasteiger charge is 2.41. The van der Waals surface area contributed by atoms with Crippen LogP contribution in [-0.2, 0) is 0 Å². The topological polar surface area (TPSA) is 35.5 Å². The largest absolute Gasteiger partial charge is 0.394 e. The Morgan fingerprint density at radius 3 is 2.53 bits per heavy atom. The van der Waals surface area contributed by atoms with Gasteiger partial charge in [-0.2, -0.15) is 0 Å². The van der Waals surface area contributed by atoms with Crippen LogP contribution in [0.5, 0.6) is 0 Å². The lowest BCUT2D eigenvalue weighted by atomic mass is 9.78. The average Bonchev–Trinajstić information content (AvgIpc) is 3.27. The second kappa shape index (κ2) is 7.05. The van der Waals surface area contributed by atoms with Gasteiger partial charge in [-0.3, -0.25) is 4.90 Å². The van der Waals surface area contributed by atoms with Crippen molar-refractivity contribution < 1.29 is 5.11 Å². The third kappa shape index (κ3) is 3.93. The fraction of sp³-hybridized carbons (Fsp3) is 1.00. The molecule has 0 aromatic heterocycles. The monoisotopic (exact) mass is 268 g/mol. The van der Waals surface area contributed by atoms with Crippen LogP contribution in [0.25, 0.3) is 0 Å². The Balaban J connectivity index is 1.97. The molecule has 0 saturated heterocycles. The fourth-order valence-electron chi connectivity index (χ4n) is 3.69. The number of nitrogens with one attached hydrogen (secondary N) is 1. The van der Waals surface area contributed by atoms with Crippen LogP contribution < -0.4 is 5.32 Å². The van der Waals surface area contributed by atoms with E-state index in [0.29, 0.717) is 12.6 Å². The number of nitrogens with zero attached hydrogens (tertiary/aromatic N) is 1. The molecule has 0 radical (unpaired) electrons. The highest BCUT2D eigenvalue weighted by Crippen LogP contribution is 2.37. The minimum Gasteiger partial charge on any atom is -0.394 e. The normalized spacial score (nSPS) is 31.9. The maximum absolute atomic E-state index is 9.87. The van der Waals surface area contributed by atoms with Crippen LogP contribution in [0.4, 0.5) is 0 Å². The molecule has 2 rings (SSSR count). The van der Waals surface area contributed by atoms with Crippen LogP contribution in [0.1, 0.15) is 65.2 Å². The molecule has 2 aliphatic rings. The molecule has 3 nitrogen and oxygen atoms in total. The molecule has 0 spiro atoms. The van der Waals surface area contributed by atoms with Crippen LogP contribution in [0.2, 0.25) is 0 Å². The highest BCUT2D eigenvalue weighted by molar-refractivity contribution is 4.99. The van der Waals surface area contributed by atoms with Gasteiger partial charge in [-0.15, -0.1) is 0 Å². The quantitative estimate of drug-likeness (QED) is 0.710. The van der Waals surface area contributed by atoms with E-state index in [4.69, 9.17) is 0 Å². The van der Waals surface area contributed by atoms with Gasteiger partial charge in [0.1, 0.15) is 0 Å². The van der Waals surface area contributed by atoms with E-state index in [2.05, 4.69) is 24.1 Å². The molecule has 2 N–H and O–H groups in total. The average molecular weight is 268 g/mol. The molecule has 3 heteroatoms. The lowest BCUT2D eigenvalue weighted by Crippen LogP contribution is -2.56. The van der Waals surface area contributed by atoms with E-state index >= 15 is 0 Å². The minimum absolute atomic E-state index is 0.000190. The van der Waals surface area contributed by atoms with Crippen molar-refractivity contribution >= 4 is 0 Å². The maximum atomic E-state index is 9.87. The summed E-state index contributed by atoms with van der Waals surface area (Å²) in [5.41, 5.74) is -0.000190. The summed E-state index contributed by atoms with van der Waals surface area (Å²) in [6.07, 6.45) is 10.1. The zero-order valence-electron chi connectivity index (χ0n) is 12.8. The van der Waals surface area contributed by atoms with Gasteiger partial charge in [-0.25, -0.2) is 0 Å². The lowest BCUT2D eigenvalue weighted by Gasteiger charge is -2.45. The van der Waals surface area contributed by atoms with E-state index in [-0.39, 0.29) is 5.54 Å². The van der Waals surface area contributed by atoms with Crippen molar-refractivity contribution in [2.45, 2.75) is 82.8 Å². The number of aliphatic hydroxyl groups is 1. The molecule has 2 saturated carbocycles. The second-order valence-corrected chi connectivity index (χ2v) is 6.58. The van der Waals surface area contributed by atoms with Gasteiger partial charge in [-0.1, -0.05) is 13.8 Å². The van der Waals surface area contributed by atoms with E-state index in [1.165, 1.54) is 38.6 Å². The van der Waals surface area contributed by atoms with Crippen molar-refractivity contribution in [3.63, 3.8) is 0 Å². The summed E-state index contributed by atoms with van der Waals surface area (Å²) in [4.78, 5) is 2.75. The SMILES string of the molecule is CCCNC1(CO)CCCC(N(CCC)C2CC2)C1. The van der Waals surface area contributed by atoms with Crippen LogP contribution in [0, 0.1) is 0 Å². The van der Waals surface area contributed by atoms with Gasteiger partial charge in [0, 0.05) is 17.6 Å². The predicted octanol–water partition coefficient (Wildman–Crippen LogP) is 2.53. The Hall–Kier alpha value is -0.120. The van der Waals surface area contributed by atoms with Crippen LogP contribution in [0.15, 0.2) is 0 Å². The van der Waals surface area contributed by atoms with E-state index in [0.717, 1.165) is 31.8 Å². The zero-order chi connectivity index (χ0) is 13.7. The first kappa shape index (κ1) is 15.3. The van der Waals surface area contributed by atoms with Gasteiger partial charge < -0.3 is 10.4 Å². The van der Waals surface area contributed by atoms with Crippen molar-refractivity contribution in [3.05, 3.63) is 0 Å². The lowest BCUT2D eigenvalue weighted by molar-refractivity contribution is 0.0554. The molecule has 0 aromatic rings. The predicted molar refractivity (Wildman–Crippen MR) is 80.4 cm³/mol.